The zero-order chi connectivity index (χ0) is 7.89. The topological polar surface area (TPSA) is 37.6 Å². The molecule has 0 radical (unpaired) electrons. The molecule has 0 spiro atoms. The normalized spacial score (nSPS) is 88.6. The van der Waals surface area contributed by atoms with Crippen molar-refractivity contribution in [2.24, 2.45) is 23.7 Å². The average molecular weight is 178 g/mol. The summed E-state index contributed by atoms with van der Waals surface area (Å²) < 4.78 is 17.3. The Labute approximate surface area is 75.3 Å². The molecule has 0 aromatic carbocycles. The van der Waals surface area contributed by atoms with Gasteiger partial charge in [-0.25, -0.2) is 0 Å². The Hall–Kier alpha value is -0.120. The van der Waals surface area contributed by atoms with Crippen molar-refractivity contribution in [2.45, 2.75) is 36.6 Å². The summed E-state index contributed by atoms with van der Waals surface area (Å²) in [5.74, 6) is 3.08. The summed E-state index contributed by atoms with van der Waals surface area (Å²) in [7, 11) is 0. The van der Waals surface area contributed by atoms with E-state index in [1.165, 1.54) is 0 Å². The van der Waals surface area contributed by atoms with Crippen LogP contribution in [0.2, 0.25) is 0 Å². The van der Waals surface area contributed by atoms with E-state index in [1.807, 2.05) is 0 Å². The Morgan fingerprint density at radius 2 is 0.692 bits per heavy atom. The second-order valence-corrected chi connectivity index (χ2v) is 5.51. The van der Waals surface area contributed by atoms with Gasteiger partial charge in [0.05, 0.1) is 36.6 Å². The second kappa shape index (κ2) is 1.30. The third kappa shape index (κ3) is 0.431. The maximum atomic E-state index is 5.78. The minimum atomic E-state index is 0.521. The molecule has 3 nitrogen and oxygen atoms in total. The van der Waals surface area contributed by atoms with Crippen LogP contribution in [0.25, 0.3) is 0 Å². The predicted molar refractivity (Wildman–Crippen MR) is 39.9 cm³/mol. The maximum absolute atomic E-state index is 5.78. The monoisotopic (exact) mass is 178 g/mol. The van der Waals surface area contributed by atoms with Gasteiger partial charge in [0.15, 0.2) is 0 Å². The van der Waals surface area contributed by atoms with Crippen LogP contribution >= 0.6 is 0 Å². The standard InChI is InChI=1S/C10H10O3/c11-5-1-2-3(1)7-10(13-7)4(8(5)11)9-6(2)12-9/h1-10H/t1?,2?,3?,4?,5-,6-,7-,8+,9+,10+/m1/s1. The fourth-order valence-electron chi connectivity index (χ4n) is 4.53. The molecule has 3 heterocycles. The molecule has 0 aromatic rings. The maximum Gasteiger partial charge on any atom is 0.0924 e. The smallest absolute Gasteiger partial charge is 0.0924 e. The van der Waals surface area contributed by atoms with E-state index < -0.39 is 0 Å². The van der Waals surface area contributed by atoms with Gasteiger partial charge in [-0.15, -0.1) is 0 Å². The first kappa shape index (κ1) is 5.69. The highest BCUT2D eigenvalue weighted by Crippen LogP contribution is 2.75. The molecule has 13 heavy (non-hydrogen) atoms. The summed E-state index contributed by atoms with van der Waals surface area (Å²) in [5.41, 5.74) is 0. The second-order valence-electron chi connectivity index (χ2n) is 5.51. The number of ether oxygens (including phenoxy) is 3. The fourth-order valence-corrected chi connectivity index (χ4v) is 4.53. The van der Waals surface area contributed by atoms with Crippen LogP contribution in [-0.4, -0.2) is 36.6 Å². The van der Waals surface area contributed by atoms with Crippen molar-refractivity contribution < 1.29 is 14.2 Å². The molecule has 7 aliphatic rings. The summed E-state index contributed by atoms with van der Waals surface area (Å²) in [6.07, 6.45) is 3.42. The summed E-state index contributed by atoms with van der Waals surface area (Å²) in [6, 6.07) is 0. The van der Waals surface area contributed by atoms with Crippen LogP contribution in [0.4, 0.5) is 0 Å². The summed E-state index contributed by atoms with van der Waals surface area (Å²) in [5, 5.41) is 0. The van der Waals surface area contributed by atoms with Crippen molar-refractivity contribution >= 4 is 0 Å². The van der Waals surface area contributed by atoms with Gasteiger partial charge in [-0.1, -0.05) is 0 Å². The van der Waals surface area contributed by atoms with Crippen LogP contribution in [0.1, 0.15) is 0 Å². The number of epoxide rings is 3. The molecule has 4 saturated carbocycles. The average Bonchev–Trinajstić information content (AvgIpc) is 2.88. The SMILES string of the molecule is O1[C@@H]2C3C4C3[C@H]3O[C@H]3C([C@H]12)[C@@H]1O[C@H]41. The molecule has 3 heteroatoms. The Morgan fingerprint density at radius 3 is 1.08 bits per heavy atom. The molecular formula is C10H10O3. The lowest BCUT2D eigenvalue weighted by Crippen LogP contribution is -2.23. The minimum Gasteiger partial charge on any atom is -0.369 e. The van der Waals surface area contributed by atoms with Gasteiger partial charge >= 0.3 is 0 Å². The highest BCUT2D eigenvalue weighted by Gasteiger charge is 2.85. The lowest BCUT2D eigenvalue weighted by Gasteiger charge is -2.05. The molecule has 6 atom stereocenters. The van der Waals surface area contributed by atoms with Crippen LogP contribution in [0, 0.1) is 23.7 Å². The third-order valence-electron chi connectivity index (χ3n) is 5.15. The van der Waals surface area contributed by atoms with Crippen LogP contribution in [-0.2, 0) is 14.2 Å². The van der Waals surface area contributed by atoms with Crippen molar-refractivity contribution in [3.05, 3.63) is 0 Å². The van der Waals surface area contributed by atoms with Crippen LogP contribution in [0.3, 0.4) is 0 Å². The highest BCUT2D eigenvalue weighted by atomic mass is 16.6. The van der Waals surface area contributed by atoms with E-state index in [-0.39, 0.29) is 0 Å². The lowest BCUT2D eigenvalue weighted by atomic mass is 9.96. The molecule has 4 bridgehead atoms. The van der Waals surface area contributed by atoms with Crippen molar-refractivity contribution in [3.63, 3.8) is 0 Å². The van der Waals surface area contributed by atoms with Gasteiger partial charge in [0, 0.05) is 5.92 Å². The van der Waals surface area contributed by atoms with E-state index in [0.29, 0.717) is 42.5 Å². The number of hydrogen-bond donors (Lipinski definition) is 0. The first-order valence-corrected chi connectivity index (χ1v) is 5.41. The molecule has 7 fully saturated rings. The quantitative estimate of drug-likeness (QED) is 0.482. The van der Waals surface area contributed by atoms with Gasteiger partial charge in [0.2, 0.25) is 0 Å². The van der Waals surface area contributed by atoms with E-state index in [0.717, 1.165) is 17.8 Å². The van der Waals surface area contributed by atoms with E-state index in [4.69, 9.17) is 14.2 Å². The van der Waals surface area contributed by atoms with Crippen molar-refractivity contribution in [2.75, 3.05) is 0 Å². The van der Waals surface area contributed by atoms with Crippen LogP contribution in [0.15, 0.2) is 0 Å². The number of rotatable bonds is 0. The lowest BCUT2D eigenvalue weighted by molar-refractivity contribution is 0.214. The minimum absolute atomic E-state index is 0.521. The summed E-state index contributed by atoms with van der Waals surface area (Å²) >= 11 is 0. The van der Waals surface area contributed by atoms with Crippen LogP contribution < -0.4 is 0 Å². The van der Waals surface area contributed by atoms with E-state index >= 15 is 0 Å². The summed E-state index contributed by atoms with van der Waals surface area (Å²) in [6.45, 7) is 0. The zero-order valence-electron chi connectivity index (χ0n) is 7.00. The van der Waals surface area contributed by atoms with Gasteiger partial charge in [-0.3, -0.25) is 0 Å². The Morgan fingerprint density at radius 1 is 0.385 bits per heavy atom. The van der Waals surface area contributed by atoms with E-state index in [2.05, 4.69) is 0 Å². The van der Waals surface area contributed by atoms with Crippen molar-refractivity contribution in [3.8, 4) is 0 Å². The molecule has 4 aliphatic carbocycles. The Kier molecular flexibility index (Phi) is 0.569. The van der Waals surface area contributed by atoms with E-state index in [1.54, 1.807) is 0 Å². The molecule has 0 unspecified atom stereocenters. The van der Waals surface area contributed by atoms with E-state index in [9.17, 15) is 0 Å². The molecule has 3 aliphatic heterocycles. The Bertz CT molecular complexity index is 285. The molecular weight excluding hydrogens is 168 g/mol. The van der Waals surface area contributed by atoms with Crippen LogP contribution in [0.5, 0.6) is 0 Å². The molecule has 0 aromatic heterocycles. The molecule has 68 valence electrons. The Balaban J connectivity index is 1.66. The molecule has 0 N–H and O–H groups in total. The van der Waals surface area contributed by atoms with Gasteiger partial charge in [-0.2, -0.15) is 0 Å². The van der Waals surface area contributed by atoms with Gasteiger partial charge in [0.25, 0.3) is 0 Å². The third-order valence-corrected chi connectivity index (χ3v) is 5.15. The molecule has 7 rings (SSSR count). The largest absolute Gasteiger partial charge is 0.369 e. The zero-order valence-corrected chi connectivity index (χ0v) is 7.00. The van der Waals surface area contributed by atoms with Gasteiger partial charge < -0.3 is 14.2 Å². The predicted octanol–water partition coefficient (Wildman–Crippen LogP) is -0.206. The molecule has 0 amide bonds. The van der Waals surface area contributed by atoms with Gasteiger partial charge in [-0.05, 0) is 17.8 Å². The fraction of sp³-hybridized carbons (Fsp3) is 1.00. The van der Waals surface area contributed by atoms with Crippen molar-refractivity contribution in [1.82, 2.24) is 0 Å². The first-order valence-electron chi connectivity index (χ1n) is 5.41. The summed E-state index contributed by atoms with van der Waals surface area (Å²) in [4.78, 5) is 0. The van der Waals surface area contributed by atoms with Crippen molar-refractivity contribution in [1.29, 1.82) is 0 Å². The highest BCUT2D eigenvalue weighted by molar-refractivity contribution is 5.31. The molecule has 3 saturated heterocycles. The first-order chi connectivity index (χ1) is 6.45. The van der Waals surface area contributed by atoms with Gasteiger partial charge in [0.1, 0.15) is 0 Å². The number of hydrogen-bond acceptors (Lipinski definition) is 3.